The lowest BCUT2D eigenvalue weighted by Gasteiger charge is -2.27. The molecule has 0 saturated heterocycles. The van der Waals surface area contributed by atoms with Gasteiger partial charge < -0.3 is 10.0 Å². The maximum atomic E-state index is 13.6. The maximum Gasteiger partial charge on any atom is 0.303 e. The van der Waals surface area contributed by atoms with Crippen molar-refractivity contribution in [3.63, 3.8) is 0 Å². The number of benzene rings is 2. The van der Waals surface area contributed by atoms with Gasteiger partial charge in [0.15, 0.2) is 0 Å². The predicted octanol–water partition coefficient (Wildman–Crippen LogP) is 6.23. The Morgan fingerprint density at radius 2 is 1.55 bits per heavy atom. The molecule has 40 heavy (non-hydrogen) atoms. The first-order valence-corrected chi connectivity index (χ1v) is 14.7. The second-order valence-electron chi connectivity index (χ2n) is 10.6. The molecule has 212 valence electrons. The number of aromatic amines is 1. The van der Waals surface area contributed by atoms with Gasteiger partial charge in [-0.25, -0.2) is 0 Å². The number of carboxylic acid groups (broad SMARTS) is 1. The van der Waals surface area contributed by atoms with Crippen LogP contribution in [0.3, 0.4) is 0 Å². The van der Waals surface area contributed by atoms with E-state index in [-0.39, 0.29) is 18.1 Å². The summed E-state index contributed by atoms with van der Waals surface area (Å²) < 4.78 is 2.04. The fourth-order valence-electron chi connectivity index (χ4n) is 5.41. The van der Waals surface area contributed by atoms with E-state index in [4.69, 9.17) is 10.2 Å². The molecular weight excluding hydrogens is 504 g/mol. The zero-order valence-electron chi connectivity index (χ0n) is 23.5. The van der Waals surface area contributed by atoms with Crippen molar-refractivity contribution in [3.8, 4) is 22.5 Å². The molecule has 0 fully saturated rings. The first-order valence-electron chi connectivity index (χ1n) is 14.7. The van der Waals surface area contributed by atoms with Crippen LogP contribution in [-0.2, 0) is 27.5 Å². The minimum Gasteiger partial charge on any atom is -0.481 e. The number of hydrogen-bond donors (Lipinski definition) is 2. The SMILES string of the molecule is CCCCCCC(=O)CCCC(=O)N1Cc2ccccc2-c2c(n[nH][n+]2CCCCCC(=O)O)-c2ccccc21. The summed E-state index contributed by atoms with van der Waals surface area (Å²) >= 11 is 0. The highest BCUT2D eigenvalue weighted by molar-refractivity contribution is 5.99. The molecule has 4 rings (SSSR count). The molecule has 2 N–H and O–H groups in total. The van der Waals surface area contributed by atoms with Crippen LogP contribution in [0.2, 0.25) is 0 Å². The van der Waals surface area contributed by atoms with Crippen molar-refractivity contribution in [1.29, 1.82) is 0 Å². The molecule has 8 nitrogen and oxygen atoms in total. The summed E-state index contributed by atoms with van der Waals surface area (Å²) in [5.41, 5.74) is 5.50. The summed E-state index contributed by atoms with van der Waals surface area (Å²) in [7, 11) is 0. The van der Waals surface area contributed by atoms with Crippen LogP contribution in [0.5, 0.6) is 0 Å². The lowest BCUT2D eigenvalue weighted by Crippen LogP contribution is -2.39. The van der Waals surface area contributed by atoms with Crippen molar-refractivity contribution in [3.05, 3.63) is 54.1 Å². The van der Waals surface area contributed by atoms with E-state index >= 15 is 0 Å². The number of aromatic nitrogens is 3. The smallest absolute Gasteiger partial charge is 0.303 e. The number of nitrogens with one attached hydrogen (secondary N) is 1. The Morgan fingerprint density at radius 3 is 2.35 bits per heavy atom. The van der Waals surface area contributed by atoms with Crippen molar-refractivity contribution < 1.29 is 24.2 Å². The van der Waals surface area contributed by atoms with E-state index in [2.05, 4.69) is 24.3 Å². The summed E-state index contributed by atoms with van der Waals surface area (Å²) in [6.45, 7) is 3.28. The van der Waals surface area contributed by atoms with E-state index in [0.29, 0.717) is 45.2 Å². The molecule has 0 aliphatic carbocycles. The number of Topliss-reactive ketones (excluding diaryl/α,β-unsaturated/α-hetero) is 1. The minimum absolute atomic E-state index is 0.00586. The van der Waals surface area contributed by atoms with Gasteiger partial charge in [-0.1, -0.05) is 67.8 Å². The Hall–Kier alpha value is -3.81. The number of carbonyl (C=O) groups excluding carboxylic acids is 2. The highest BCUT2D eigenvalue weighted by atomic mass is 16.4. The van der Waals surface area contributed by atoms with Gasteiger partial charge >= 0.3 is 5.97 Å². The van der Waals surface area contributed by atoms with Crippen molar-refractivity contribution >= 4 is 23.3 Å². The third-order valence-electron chi connectivity index (χ3n) is 7.56. The Labute approximate surface area is 236 Å². The summed E-state index contributed by atoms with van der Waals surface area (Å²) in [6, 6.07) is 16.0. The van der Waals surface area contributed by atoms with Gasteiger partial charge in [0.2, 0.25) is 11.6 Å². The van der Waals surface area contributed by atoms with Crippen LogP contribution >= 0.6 is 0 Å². The third-order valence-corrected chi connectivity index (χ3v) is 7.56. The molecule has 0 radical (unpaired) electrons. The molecule has 1 aliphatic heterocycles. The highest BCUT2D eigenvalue weighted by Gasteiger charge is 2.33. The summed E-state index contributed by atoms with van der Waals surface area (Å²) in [4.78, 5) is 38.7. The quantitative estimate of drug-likeness (QED) is 0.174. The monoisotopic (exact) mass is 545 g/mol. The number of amides is 1. The molecule has 0 bridgehead atoms. The number of aryl methyl sites for hydroxylation is 1. The molecule has 0 unspecified atom stereocenters. The summed E-state index contributed by atoms with van der Waals surface area (Å²) in [6.07, 6.45) is 8.73. The number of aliphatic carboxylic acids is 1. The first-order chi connectivity index (χ1) is 19.5. The number of fused-ring (bicyclic) bond motifs is 5. The van der Waals surface area contributed by atoms with E-state index in [1.54, 1.807) is 0 Å². The van der Waals surface area contributed by atoms with Crippen LogP contribution in [0.1, 0.15) is 89.5 Å². The molecule has 0 atom stereocenters. The minimum atomic E-state index is -0.766. The van der Waals surface area contributed by atoms with Crippen molar-refractivity contribution in [2.45, 2.75) is 97.1 Å². The average molecular weight is 546 g/mol. The van der Waals surface area contributed by atoms with Gasteiger partial charge in [0.1, 0.15) is 12.3 Å². The lowest BCUT2D eigenvalue weighted by atomic mass is 9.95. The van der Waals surface area contributed by atoms with Gasteiger partial charge in [0.25, 0.3) is 5.69 Å². The Morgan fingerprint density at radius 1 is 0.850 bits per heavy atom. The molecule has 1 aromatic heterocycles. The van der Waals surface area contributed by atoms with Gasteiger partial charge in [-0.05, 0) is 49.8 Å². The van der Waals surface area contributed by atoms with Crippen LogP contribution in [0.15, 0.2) is 48.5 Å². The number of nitrogens with zero attached hydrogens (tertiary/aromatic N) is 3. The molecular formula is C32H41N4O4+. The van der Waals surface area contributed by atoms with Crippen molar-refractivity contribution in [2.75, 3.05) is 4.90 Å². The van der Waals surface area contributed by atoms with Gasteiger partial charge in [0, 0.05) is 36.3 Å². The number of anilines is 1. The Kier molecular flexibility index (Phi) is 10.6. The fourth-order valence-corrected chi connectivity index (χ4v) is 5.41. The molecule has 1 amide bonds. The largest absolute Gasteiger partial charge is 0.481 e. The molecule has 3 aromatic rings. The summed E-state index contributed by atoms with van der Waals surface area (Å²) in [5, 5.41) is 16.8. The standard InChI is InChI=1S/C32H40N4O4/c1-2-3-4-6-15-25(37)16-13-20-29(38)35-23-24-14-8-9-17-26(24)32-31(27-18-10-11-19-28(27)35)33-34-36(32)22-12-5-7-21-30(39)40/h8-11,14,17-19H,2-7,12-13,15-16,20-23H2,1H3,(H,39,40)/p+1. The number of unbranched alkanes of at least 4 members (excludes halogenated alkanes) is 5. The molecule has 0 saturated carbocycles. The molecule has 0 spiro atoms. The topological polar surface area (TPSA) is 107 Å². The molecule has 1 aliphatic rings. The van der Waals surface area contributed by atoms with Crippen LogP contribution in [0.4, 0.5) is 5.69 Å². The number of hydrogen-bond acceptors (Lipinski definition) is 4. The number of carbonyl (C=O) groups is 3. The first kappa shape index (κ1) is 29.2. The van der Waals surface area contributed by atoms with Crippen LogP contribution in [0, 0.1) is 0 Å². The van der Waals surface area contributed by atoms with E-state index in [0.717, 1.165) is 72.3 Å². The number of H-pyrrole nitrogens is 1. The normalized spacial score (nSPS) is 12.2. The zero-order valence-corrected chi connectivity index (χ0v) is 23.5. The van der Waals surface area contributed by atoms with Crippen molar-refractivity contribution in [2.24, 2.45) is 0 Å². The van der Waals surface area contributed by atoms with Gasteiger partial charge in [-0.15, -0.1) is 0 Å². The highest BCUT2D eigenvalue weighted by Crippen LogP contribution is 2.39. The maximum absolute atomic E-state index is 13.6. The lowest BCUT2D eigenvalue weighted by molar-refractivity contribution is -0.744. The second-order valence-corrected chi connectivity index (χ2v) is 10.6. The molecule has 8 heteroatoms. The van der Waals surface area contributed by atoms with Crippen LogP contribution < -0.4 is 9.58 Å². The number of para-hydroxylation sites is 1. The average Bonchev–Trinajstić information content (AvgIpc) is 3.36. The van der Waals surface area contributed by atoms with E-state index in [1.165, 1.54) is 0 Å². The van der Waals surface area contributed by atoms with E-state index in [1.807, 2.05) is 46.0 Å². The zero-order chi connectivity index (χ0) is 28.3. The number of ketones is 1. The van der Waals surface area contributed by atoms with E-state index < -0.39 is 5.97 Å². The number of carboxylic acids is 1. The molecule has 2 heterocycles. The predicted molar refractivity (Wildman–Crippen MR) is 155 cm³/mol. The van der Waals surface area contributed by atoms with Crippen LogP contribution in [0.25, 0.3) is 22.5 Å². The fraction of sp³-hybridized carbons (Fsp3) is 0.469. The van der Waals surface area contributed by atoms with Gasteiger partial charge in [0.05, 0.1) is 17.8 Å². The Bertz CT molecular complexity index is 1320. The van der Waals surface area contributed by atoms with Crippen molar-refractivity contribution in [1.82, 2.24) is 10.3 Å². The van der Waals surface area contributed by atoms with Crippen LogP contribution in [-0.4, -0.2) is 33.1 Å². The summed E-state index contributed by atoms with van der Waals surface area (Å²) in [5.74, 6) is -0.514. The van der Waals surface area contributed by atoms with E-state index in [9.17, 15) is 14.4 Å². The van der Waals surface area contributed by atoms with Gasteiger partial charge in [-0.2, -0.15) is 4.68 Å². The second kappa shape index (κ2) is 14.5. The Balaban J connectivity index is 1.54. The van der Waals surface area contributed by atoms with Gasteiger partial charge in [-0.3, -0.25) is 14.4 Å². The number of rotatable bonds is 15. The molecule has 2 aromatic carbocycles. The third kappa shape index (κ3) is 7.43.